The molecule has 0 N–H and O–H groups in total. The van der Waals surface area contributed by atoms with Gasteiger partial charge < -0.3 is 18.9 Å². The Morgan fingerprint density at radius 3 is 2.84 bits per heavy atom. The highest BCUT2D eigenvalue weighted by atomic mass is 35.5. The first-order valence-corrected chi connectivity index (χ1v) is 11.0. The molecule has 1 aliphatic carbocycles. The van der Waals surface area contributed by atoms with Crippen LogP contribution in [0.3, 0.4) is 0 Å². The number of Topliss-reactive ketones (excluding diaryl/α,β-unsaturated/α-hetero) is 1. The molecular formula is C24H22ClNO5. The summed E-state index contributed by atoms with van der Waals surface area (Å²) in [7, 11) is 0. The molecule has 160 valence electrons. The zero-order chi connectivity index (χ0) is 20.9. The van der Waals surface area contributed by atoms with Crippen LogP contribution in [0.1, 0.15) is 52.7 Å². The number of carbonyl (C=O) groups is 1. The van der Waals surface area contributed by atoms with Crippen molar-refractivity contribution in [2.24, 2.45) is 0 Å². The molecule has 6 rings (SSSR count). The van der Waals surface area contributed by atoms with Crippen molar-refractivity contribution in [1.82, 2.24) is 4.90 Å². The van der Waals surface area contributed by atoms with E-state index in [1.54, 1.807) is 18.2 Å². The largest absolute Gasteiger partial charge is 0.478 e. The Morgan fingerprint density at radius 2 is 1.97 bits per heavy atom. The highest BCUT2D eigenvalue weighted by Gasteiger charge is 2.35. The highest BCUT2D eigenvalue weighted by molar-refractivity contribution is 6.31. The second kappa shape index (κ2) is 7.55. The number of fused-ring (bicyclic) bond motifs is 4. The number of hydrogen-bond acceptors (Lipinski definition) is 6. The molecule has 0 amide bonds. The summed E-state index contributed by atoms with van der Waals surface area (Å²) in [6.07, 6.45) is 6.63. The van der Waals surface area contributed by atoms with Gasteiger partial charge in [0, 0.05) is 28.7 Å². The molecule has 0 aromatic heterocycles. The molecule has 0 spiro atoms. The van der Waals surface area contributed by atoms with Gasteiger partial charge in [0.05, 0.1) is 17.7 Å². The average molecular weight is 440 g/mol. The molecule has 0 saturated heterocycles. The number of benzene rings is 2. The van der Waals surface area contributed by atoms with E-state index in [0.717, 1.165) is 23.4 Å². The summed E-state index contributed by atoms with van der Waals surface area (Å²) in [5, 5.41) is 0.556. The Balaban J connectivity index is 1.35. The van der Waals surface area contributed by atoms with Gasteiger partial charge >= 0.3 is 0 Å². The zero-order valence-corrected chi connectivity index (χ0v) is 17.7. The summed E-state index contributed by atoms with van der Waals surface area (Å²) in [6, 6.07) is 7.80. The van der Waals surface area contributed by atoms with Gasteiger partial charge in [-0.25, -0.2) is 0 Å². The van der Waals surface area contributed by atoms with Crippen molar-refractivity contribution in [2.75, 3.05) is 13.5 Å². The first-order valence-electron chi connectivity index (χ1n) is 10.7. The zero-order valence-electron chi connectivity index (χ0n) is 17.0. The fourth-order valence-electron chi connectivity index (χ4n) is 4.94. The summed E-state index contributed by atoms with van der Waals surface area (Å²) < 4.78 is 23.2. The SMILES string of the molecule is O=C1/C(=C/c2cc(Cl)cc3c2OCOC3)Oc2c1ccc1c2CN(C2CCCC2)CO1. The number of rotatable bonds is 2. The molecule has 7 heteroatoms. The van der Waals surface area contributed by atoms with Gasteiger partial charge in [-0.15, -0.1) is 0 Å². The maximum Gasteiger partial charge on any atom is 0.231 e. The van der Waals surface area contributed by atoms with E-state index in [-0.39, 0.29) is 18.3 Å². The monoisotopic (exact) mass is 439 g/mol. The van der Waals surface area contributed by atoms with Crippen molar-refractivity contribution >= 4 is 23.5 Å². The lowest BCUT2D eigenvalue weighted by molar-refractivity contribution is -0.0165. The van der Waals surface area contributed by atoms with Crippen molar-refractivity contribution in [3.8, 4) is 17.2 Å². The molecule has 2 aromatic rings. The van der Waals surface area contributed by atoms with E-state index >= 15 is 0 Å². The lowest BCUT2D eigenvalue weighted by Gasteiger charge is -2.33. The minimum atomic E-state index is -0.142. The van der Waals surface area contributed by atoms with Crippen LogP contribution in [-0.2, 0) is 17.9 Å². The second-order valence-electron chi connectivity index (χ2n) is 8.41. The number of hydrogen-bond donors (Lipinski definition) is 0. The lowest BCUT2D eigenvalue weighted by atomic mass is 10.0. The Labute approximate surface area is 185 Å². The van der Waals surface area contributed by atoms with Crippen LogP contribution < -0.4 is 14.2 Å². The number of ketones is 1. The Hall–Kier alpha value is -2.54. The molecule has 31 heavy (non-hydrogen) atoms. The van der Waals surface area contributed by atoms with Gasteiger partial charge in [0.25, 0.3) is 0 Å². The van der Waals surface area contributed by atoms with Crippen LogP contribution in [0.15, 0.2) is 30.0 Å². The normalized spacial score (nSPS) is 21.8. The fraction of sp³-hybridized carbons (Fsp3) is 0.375. The molecular weight excluding hydrogens is 418 g/mol. The number of ether oxygens (including phenoxy) is 4. The Bertz CT molecular complexity index is 1110. The van der Waals surface area contributed by atoms with Crippen LogP contribution in [0.2, 0.25) is 5.02 Å². The van der Waals surface area contributed by atoms with Crippen molar-refractivity contribution in [3.05, 3.63) is 57.3 Å². The Kier molecular flexibility index (Phi) is 4.67. The van der Waals surface area contributed by atoms with Crippen LogP contribution in [0.5, 0.6) is 17.2 Å². The van der Waals surface area contributed by atoms with E-state index in [1.165, 1.54) is 25.7 Å². The molecule has 6 nitrogen and oxygen atoms in total. The summed E-state index contributed by atoms with van der Waals surface area (Å²) in [5.74, 6) is 2.20. The lowest BCUT2D eigenvalue weighted by Crippen LogP contribution is -2.39. The van der Waals surface area contributed by atoms with Gasteiger partial charge in [-0.1, -0.05) is 24.4 Å². The Morgan fingerprint density at radius 1 is 1.10 bits per heavy atom. The smallest absolute Gasteiger partial charge is 0.231 e. The molecule has 1 saturated carbocycles. The first-order chi connectivity index (χ1) is 15.2. The number of nitrogens with zero attached hydrogens (tertiary/aromatic N) is 1. The van der Waals surface area contributed by atoms with Crippen LogP contribution in [-0.4, -0.2) is 30.2 Å². The van der Waals surface area contributed by atoms with Crippen molar-refractivity contribution in [3.63, 3.8) is 0 Å². The summed E-state index contributed by atoms with van der Waals surface area (Å²) in [4.78, 5) is 15.5. The minimum absolute atomic E-state index is 0.142. The van der Waals surface area contributed by atoms with E-state index in [9.17, 15) is 4.79 Å². The molecule has 0 atom stereocenters. The van der Waals surface area contributed by atoms with Crippen LogP contribution in [0.25, 0.3) is 6.08 Å². The molecule has 0 bridgehead atoms. The molecule has 1 fully saturated rings. The maximum atomic E-state index is 13.1. The van der Waals surface area contributed by atoms with Crippen LogP contribution >= 0.6 is 11.6 Å². The van der Waals surface area contributed by atoms with Gasteiger partial charge in [-0.2, -0.15) is 0 Å². The molecule has 2 aromatic carbocycles. The van der Waals surface area contributed by atoms with E-state index in [4.69, 9.17) is 30.5 Å². The third kappa shape index (κ3) is 3.30. The number of allylic oxidation sites excluding steroid dienone is 1. The standard InChI is InChI=1S/C24H22ClNO5/c25-16-7-14(23-15(8-16)11-28-13-30-23)9-21-22(27)18-5-6-20-19(24(18)31-21)10-26(12-29-20)17-3-1-2-4-17/h5-9,17H,1-4,10-13H2/b21-9-. The molecule has 0 radical (unpaired) electrons. The third-order valence-electron chi connectivity index (χ3n) is 6.48. The van der Waals surface area contributed by atoms with Crippen LogP contribution in [0, 0.1) is 0 Å². The number of carbonyl (C=O) groups excluding carboxylic acids is 1. The van der Waals surface area contributed by atoms with Gasteiger partial charge in [-0.3, -0.25) is 9.69 Å². The predicted molar refractivity (Wildman–Crippen MR) is 114 cm³/mol. The minimum Gasteiger partial charge on any atom is -0.478 e. The molecule has 3 heterocycles. The maximum absolute atomic E-state index is 13.1. The highest BCUT2D eigenvalue weighted by Crippen LogP contribution is 2.44. The van der Waals surface area contributed by atoms with Crippen molar-refractivity contribution < 1.29 is 23.7 Å². The van der Waals surface area contributed by atoms with Gasteiger partial charge in [0.2, 0.25) is 5.78 Å². The quantitative estimate of drug-likeness (QED) is 0.619. The number of halogens is 1. The van der Waals surface area contributed by atoms with Crippen molar-refractivity contribution in [1.29, 1.82) is 0 Å². The predicted octanol–water partition coefficient (Wildman–Crippen LogP) is 4.92. The summed E-state index contributed by atoms with van der Waals surface area (Å²) in [5.41, 5.74) is 3.08. The van der Waals surface area contributed by atoms with E-state index in [0.29, 0.717) is 47.0 Å². The van der Waals surface area contributed by atoms with Gasteiger partial charge in [0.15, 0.2) is 12.6 Å². The topological polar surface area (TPSA) is 57.2 Å². The summed E-state index contributed by atoms with van der Waals surface area (Å²) in [6.45, 7) is 1.91. The van der Waals surface area contributed by atoms with Gasteiger partial charge in [0.1, 0.15) is 24.0 Å². The van der Waals surface area contributed by atoms with E-state index in [2.05, 4.69) is 4.90 Å². The summed E-state index contributed by atoms with van der Waals surface area (Å²) >= 11 is 6.28. The molecule has 3 aliphatic heterocycles. The molecule has 0 unspecified atom stereocenters. The second-order valence-corrected chi connectivity index (χ2v) is 8.85. The van der Waals surface area contributed by atoms with Gasteiger partial charge in [-0.05, 0) is 43.2 Å². The average Bonchev–Trinajstić information content (AvgIpc) is 3.42. The third-order valence-corrected chi connectivity index (χ3v) is 6.69. The van der Waals surface area contributed by atoms with Crippen molar-refractivity contribution in [2.45, 2.75) is 44.9 Å². The molecule has 4 aliphatic rings. The first kappa shape index (κ1) is 19.2. The van der Waals surface area contributed by atoms with Crippen LogP contribution in [0.4, 0.5) is 0 Å². The van der Waals surface area contributed by atoms with E-state index in [1.807, 2.05) is 12.1 Å². The van der Waals surface area contributed by atoms with E-state index < -0.39 is 0 Å². The fourth-order valence-corrected chi connectivity index (χ4v) is 5.19.